The van der Waals surface area contributed by atoms with Crippen molar-refractivity contribution in [2.75, 3.05) is 0 Å². The van der Waals surface area contributed by atoms with Gasteiger partial charge in [0.15, 0.2) is 0 Å². The lowest BCUT2D eigenvalue weighted by atomic mass is 10.0. The maximum absolute atomic E-state index is 8.99. The summed E-state index contributed by atoms with van der Waals surface area (Å²) in [4.78, 5) is 0. The van der Waals surface area contributed by atoms with Crippen molar-refractivity contribution in [2.45, 2.75) is 3.74 Å². The lowest BCUT2D eigenvalue weighted by Gasteiger charge is -2.05. The van der Waals surface area contributed by atoms with E-state index in [2.05, 4.69) is 37.9 Å². The average molecular weight is 325 g/mol. The fraction of sp³-hybridized carbons (Fsp3) is 0.0833. The van der Waals surface area contributed by atoms with Crippen molar-refractivity contribution >= 4 is 42.6 Å². The first kappa shape index (κ1) is 10.7. The minimum absolute atomic E-state index is 0.126. The molecule has 3 heteroatoms. The molecule has 1 nitrogen and oxygen atoms in total. The zero-order chi connectivity index (χ0) is 10.8. The summed E-state index contributed by atoms with van der Waals surface area (Å²) in [6, 6.07) is 14.1. The summed E-state index contributed by atoms with van der Waals surface area (Å²) in [6.07, 6.45) is 0. The van der Waals surface area contributed by atoms with E-state index in [1.165, 1.54) is 0 Å². The highest BCUT2D eigenvalue weighted by molar-refractivity contribution is 9.24. The number of nitrogens with zero attached hydrogens (tertiary/aromatic N) is 1. The molecule has 2 rings (SSSR count). The van der Waals surface area contributed by atoms with E-state index in [1.54, 1.807) is 0 Å². The highest BCUT2D eigenvalue weighted by atomic mass is 79.9. The van der Waals surface area contributed by atoms with E-state index in [-0.39, 0.29) is 3.74 Å². The molecule has 0 aliphatic carbocycles. The Morgan fingerprint density at radius 3 is 2.60 bits per heavy atom. The van der Waals surface area contributed by atoms with Gasteiger partial charge in [-0.25, -0.2) is 0 Å². The van der Waals surface area contributed by atoms with E-state index in [1.807, 2.05) is 36.4 Å². The Morgan fingerprint density at radius 1 is 1.13 bits per heavy atom. The van der Waals surface area contributed by atoms with Crippen LogP contribution in [0.5, 0.6) is 0 Å². The molecule has 0 saturated carbocycles. The molecule has 74 valence electrons. The topological polar surface area (TPSA) is 23.8 Å². The molecule has 0 radical (unpaired) electrons. The Hall–Kier alpha value is -0.850. The third kappa shape index (κ3) is 2.06. The van der Waals surface area contributed by atoms with Gasteiger partial charge in [0.1, 0.15) is 0 Å². The summed E-state index contributed by atoms with van der Waals surface area (Å²) in [5, 5.41) is 11.1. The molecular weight excluding hydrogens is 318 g/mol. The van der Waals surface area contributed by atoms with Crippen LogP contribution in [-0.2, 0) is 0 Å². The van der Waals surface area contributed by atoms with Gasteiger partial charge in [0.25, 0.3) is 0 Å². The first-order valence-electron chi connectivity index (χ1n) is 4.43. The molecule has 0 unspecified atom stereocenters. The molecular formula is C12H7Br2N. The van der Waals surface area contributed by atoms with E-state index in [0.29, 0.717) is 0 Å². The van der Waals surface area contributed by atoms with Gasteiger partial charge >= 0.3 is 0 Å². The summed E-state index contributed by atoms with van der Waals surface area (Å²) in [5.74, 6) is 0. The van der Waals surface area contributed by atoms with Gasteiger partial charge in [0, 0.05) is 0 Å². The number of hydrogen-bond acceptors (Lipinski definition) is 1. The standard InChI is InChI=1S/C12H7Br2N/c13-12(14)9-5-4-8-2-1-3-10(7-15)11(8)6-9/h1-6,12H. The fourth-order valence-electron chi connectivity index (χ4n) is 1.52. The van der Waals surface area contributed by atoms with Gasteiger partial charge in [0.05, 0.1) is 15.4 Å². The summed E-state index contributed by atoms with van der Waals surface area (Å²) < 4.78 is 0.126. The largest absolute Gasteiger partial charge is 0.192 e. The van der Waals surface area contributed by atoms with Gasteiger partial charge in [-0.05, 0) is 28.5 Å². The number of alkyl halides is 2. The van der Waals surface area contributed by atoms with Crippen molar-refractivity contribution < 1.29 is 0 Å². The van der Waals surface area contributed by atoms with Crippen LogP contribution >= 0.6 is 31.9 Å². The minimum atomic E-state index is 0.126. The molecule has 0 heterocycles. The zero-order valence-electron chi connectivity index (χ0n) is 7.74. The van der Waals surface area contributed by atoms with Crippen molar-refractivity contribution in [1.82, 2.24) is 0 Å². The van der Waals surface area contributed by atoms with Crippen LogP contribution in [0.1, 0.15) is 14.9 Å². The maximum atomic E-state index is 8.99. The Morgan fingerprint density at radius 2 is 1.93 bits per heavy atom. The van der Waals surface area contributed by atoms with Crippen LogP contribution in [-0.4, -0.2) is 0 Å². The monoisotopic (exact) mass is 323 g/mol. The molecule has 0 fully saturated rings. The Labute approximate surface area is 105 Å². The zero-order valence-corrected chi connectivity index (χ0v) is 10.9. The summed E-state index contributed by atoms with van der Waals surface area (Å²) in [7, 11) is 0. The number of benzene rings is 2. The quantitative estimate of drug-likeness (QED) is 0.708. The van der Waals surface area contributed by atoms with Crippen molar-refractivity contribution in [3.8, 4) is 6.07 Å². The number of rotatable bonds is 1. The molecule has 0 N–H and O–H groups in total. The van der Waals surface area contributed by atoms with E-state index < -0.39 is 0 Å². The first-order valence-corrected chi connectivity index (χ1v) is 6.26. The normalized spacial score (nSPS) is 10.5. The van der Waals surface area contributed by atoms with Crippen LogP contribution in [0.15, 0.2) is 36.4 Å². The third-order valence-electron chi connectivity index (χ3n) is 2.28. The second-order valence-electron chi connectivity index (χ2n) is 3.20. The molecule has 0 aromatic heterocycles. The van der Waals surface area contributed by atoms with Crippen LogP contribution < -0.4 is 0 Å². The summed E-state index contributed by atoms with van der Waals surface area (Å²) in [5.41, 5.74) is 1.83. The van der Waals surface area contributed by atoms with E-state index in [0.717, 1.165) is 21.9 Å². The lowest BCUT2D eigenvalue weighted by molar-refractivity contribution is 1.44. The van der Waals surface area contributed by atoms with Crippen molar-refractivity contribution in [3.05, 3.63) is 47.5 Å². The SMILES string of the molecule is N#Cc1cccc2ccc(C(Br)Br)cc12. The van der Waals surface area contributed by atoms with Gasteiger partial charge in [-0.15, -0.1) is 0 Å². The molecule has 2 aromatic rings. The first-order chi connectivity index (χ1) is 7.22. The molecule has 15 heavy (non-hydrogen) atoms. The van der Waals surface area contributed by atoms with E-state index in [9.17, 15) is 0 Å². The highest BCUT2D eigenvalue weighted by Crippen LogP contribution is 2.31. The molecule has 0 amide bonds. The molecule has 2 aromatic carbocycles. The molecule has 0 bridgehead atoms. The summed E-state index contributed by atoms with van der Waals surface area (Å²) >= 11 is 6.90. The molecule has 0 atom stereocenters. The van der Waals surface area contributed by atoms with Gasteiger partial charge in [-0.2, -0.15) is 5.26 Å². The third-order valence-corrected chi connectivity index (χ3v) is 3.34. The van der Waals surface area contributed by atoms with Crippen LogP contribution in [0, 0.1) is 11.3 Å². The Balaban J connectivity index is 2.74. The number of nitriles is 1. The predicted molar refractivity (Wildman–Crippen MR) is 69.3 cm³/mol. The number of fused-ring (bicyclic) bond motifs is 1. The second kappa shape index (κ2) is 4.34. The Kier molecular flexibility index (Phi) is 3.08. The van der Waals surface area contributed by atoms with Crippen molar-refractivity contribution in [2.24, 2.45) is 0 Å². The van der Waals surface area contributed by atoms with Crippen LogP contribution in [0.2, 0.25) is 0 Å². The maximum Gasteiger partial charge on any atom is 0.0998 e. The highest BCUT2D eigenvalue weighted by Gasteiger charge is 2.05. The molecule has 0 saturated heterocycles. The van der Waals surface area contributed by atoms with Crippen molar-refractivity contribution in [1.29, 1.82) is 5.26 Å². The fourth-order valence-corrected chi connectivity index (χ4v) is 2.09. The summed E-state index contributed by atoms with van der Waals surface area (Å²) in [6.45, 7) is 0. The van der Waals surface area contributed by atoms with E-state index >= 15 is 0 Å². The molecule has 0 aliphatic rings. The van der Waals surface area contributed by atoms with Gasteiger partial charge in [-0.1, -0.05) is 56.1 Å². The number of halogens is 2. The van der Waals surface area contributed by atoms with Gasteiger partial charge < -0.3 is 0 Å². The second-order valence-corrected chi connectivity index (χ2v) is 6.26. The van der Waals surface area contributed by atoms with Crippen LogP contribution in [0.3, 0.4) is 0 Å². The van der Waals surface area contributed by atoms with Crippen LogP contribution in [0.4, 0.5) is 0 Å². The minimum Gasteiger partial charge on any atom is -0.192 e. The van der Waals surface area contributed by atoms with E-state index in [4.69, 9.17) is 5.26 Å². The smallest absolute Gasteiger partial charge is 0.0998 e. The van der Waals surface area contributed by atoms with Crippen molar-refractivity contribution in [3.63, 3.8) is 0 Å². The predicted octanol–water partition coefficient (Wildman–Crippen LogP) is 4.50. The van der Waals surface area contributed by atoms with Gasteiger partial charge in [-0.3, -0.25) is 0 Å². The Bertz CT molecular complexity index is 541. The van der Waals surface area contributed by atoms with Gasteiger partial charge in [0.2, 0.25) is 0 Å². The lowest BCUT2D eigenvalue weighted by Crippen LogP contribution is -1.84. The molecule has 0 aliphatic heterocycles. The number of hydrogen-bond donors (Lipinski definition) is 0. The molecule has 0 spiro atoms. The van der Waals surface area contributed by atoms with Crippen LogP contribution in [0.25, 0.3) is 10.8 Å². The average Bonchev–Trinajstić information content (AvgIpc) is 2.27.